The Morgan fingerprint density at radius 3 is 1.61 bits per heavy atom. The zero-order valence-corrected chi connectivity index (χ0v) is 12.9. The van der Waals surface area contributed by atoms with Gasteiger partial charge in [0, 0.05) is 0 Å². The quantitative estimate of drug-likeness (QED) is 0.652. The van der Waals surface area contributed by atoms with Crippen molar-refractivity contribution in [3.63, 3.8) is 0 Å². The van der Waals surface area contributed by atoms with Gasteiger partial charge in [-0.3, -0.25) is 0 Å². The van der Waals surface area contributed by atoms with Crippen LogP contribution in [0.4, 0.5) is 0 Å². The fourth-order valence-electron chi connectivity index (χ4n) is 2.26. The summed E-state index contributed by atoms with van der Waals surface area (Å²) in [7, 11) is 1.04. The average Bonchev–Trinajstić information content (AvgIpc) is 2.63. The van der Waals surface area contributed by atoms with Crippen LogP contribution in [0.3, 0.4) is 0 Å². The van der Waals surface area contributed by atoms with E-state index in [-0.39, 0.29) is 0 Å². The lowest BCUT2D eigenvalue weighted by Crippen LogP contribution is -2.43. The smallest absolute Gasteiger partial charge is 0.522 e. The van der Waals surface area contributed by atoms with Crippen LogP contribution in [0.1, 0.15) is 0 Å². The van der Waals surface area contributed by atoms with Crippen molar-refractivity contribution in [1.29, 1.82) is 0 Å². The van der Waals surface area contributed by atoms with Gasteiger partial charge in [-0.15, -0.1) is 0 Å². The molecule has 0 amide bonds. The molecule has 0 fully saturated rings. The second kappa shape index (κ2) is 7.41. The first kappa shape index (κ1) is 15.0. The maximum atomic E-state index is 6.04. The summed E-state index contributed by atoms with van der Waals surface area (Å²) in [6, 6.07) is 26.9. The van der Waals surface area contributed by atoms with Gasteiger partial charge in [-0.05, 0) is 30.3 Å². The third-order valence-electron chi connectivity index (χ3n) is 3.37. The van der Waals surface area contributed by atoms with Gasteiger partial charge in [-0.25, -0.2) is 0 Å². The monoisotopic (exact) mass is 304 g/mol. The number of para-hydroxylation sites is 3. The highest BCUT2D eigenvalue weighted by Gasteiger charge is 2.29. The molecule has 0 aliphatic carbocycles. The van der Waals surface area contributed by atoms with Crippen molar-refractivity contribution in [3.05, 3.63) is 84.9 Å². The van der Waals surface area contributed by atoms with E-state index in [0.29, 0.717) is 0 Å². The van der Waals surface area contributed by atoms with Crippen LogP contribution in [0.2, 0.25) is 0 Å². The lowest BCUT2D eigenvalue weighted by Gasteiger charge is -2.18. The van der Waals surface area contributed by atoms with Crippen molar-refractivity contribution in [3.8, 4) is 17.2 Å². The highest BCUT2D eigenvalue weighted by atomic mass is 16.6. The van der Waals surface area contributed by atoms with Gasteiger partial charge in [0.1, 0.15) is 17.2 Å². The van der Waals surface area contributed by atoms with Gasteiger partial charge >= 0.3 is 7.12 Å². The SMILES string of the molecule is COc1ccccc1B(Oc1ccccc1)Oc1ccccc1. The Hall–Kier alpha value is -2.88. The molecule has 23 heavy (non-hydrogen) atoms. The fourth-order valence-corrected chi connectivity index (χ4v) is 2.26. The Morgan fingerprint density at radius 2 is 1.09 bits per heavy atom. The van der Waals surface area contributed by atoms with Gasteiger partial charge in [0.15, 0.2) is 0 Å². The third-order valence-corrected chi connectivity index (χ3v) is 3.37. The molecule has 0 N–H and O–H groups in total. The lowest BCUT2D eigenvalue weighted by atomic mass is 9.77. The van der Waals surface area contributed by atoms with E-state index in [0.717, 1.165) is 22.7 Å². The molecule has 0 saturated heterocycles. The van der Waals surface area contributed by atoms with E-state index in [1.54, 1.807) is 7.11 Å². The Bertz CT molecular complexity index is 690. The van der Waals surface area contributed by atoms with Crippen LogP contribution in [-0.2, 0) is 0 Å². The minimum absolute atomic E-state index is 0.601. The summed E-state index contributed by atoms with van der Waals surface area (Å²) >= 11 is 0. The van der Waals surface area contributed by atoms with E-state index in [2.05, 4.69) is 0 Å². The van der Waals surface area contributed by atoms with Crippen molar-refractivity contribution in [2.75, 3.05) is 7.11 Å². The molecule has 0 atom stereocenters. The van der Waals surface area contributed by atoms with Crippen molar-refractivity contribution in [2.45, 2.75) is 0 Å². The molecule has 3 rings (SSSR count). The fraction of sp³-hybridized carbons (Fsp3) is 0.0526. The Labute approximate surface area is 136 Å². The normalized spacial score (nSPS) is 9.96. The summed E-state index contributed by atoms with van der Waals surface area (Å²) in [5.74, 6) is 2.20. The van der Waals surface area contributed by atoms with Crippen LogP contribution >= 0.6 is 0 Å². The molecule has 114 valence electrons. The first-order chi connectivity index (χ1) is 11.4. The van der Waals surface area contributed by atoms with Crippen LogP contribution in [0, 0.1) is 0 Å². The molecule has 0 radical (unpaired) electrons. The van der Waals surface area contributed by atoms with E-state index in [4.69, 9.17) is 14.0 Å². The molecule has 3 nitrogen and oxygen atoms in total. The minimum atomic E-state index is -0.601. The number of benzene rings is 3. The molecule has 0 heterocycles. The van der Waals surface area contributed by atoms with Gasteiger partial charge < -0.3 is 14.0 Å². The molecule has 0 saturated carbocycles. The maximum Gasteiger partial charge on any atom is 0.636 e. The highest BCUT2D eigenvalue weighted by molar-refractivity contribution is 6.63. The molecule has 3 aromatic carbocycles. The number of ether oxygens (including phenoxy) is 1. The molecule has 0 aromatic heterocycles. The van der Waals surface area contributed by atoms with E-state index in [9.17, 15) is 0 Å². The minimum Gasteiger partial charge on any atom is -0.522 e. The maximum absolute atomic E-state index is 6.04. The van der Waals surface area contributed by atoms with Gasteiger partial charge in [0.25, 0.3) is 0 Å². The molecule has 0 bridgehead atoms. The van der Waals surface area contributed by atoms with E-state index < -0.39 is 7.12 Å². The molecular formula is C19H17BO3. The topological polar surface area (TPSA) is 27.7 Å². The molecule has 4 heteroatoms. The number of methoxy groups -OCH3 is 1. The van der Waals surface area contributed by atoms with E-state index in [1.165, 1.54) is 0 Å². The third kappa shape index (κ3) is 3.86. The van der Waals surface area contributed by atoms with Crippen LogP contribution in [-0.4, -0.2) is 14.2 Å². The Morgan fingerprint density at radius 1 is 0.609 bits per heavy atom. The van der Waals surface area contributed by atoms with Gasteiger partial charge in [-0.1, -0.05) is 54.6 Å². The summed E-state index contributed by atoms with van der Waals surface area (Å²) in [6.45, 7) is 0. The summed E-state index contributed by atoms with van der Waals surface area (Å²) in [6.07, 6.45) is 0. The summed E-state index contributed by atoms with van der Waals surface area (Å²) in [5, 5.41) is 0. The molecule has 0 spiro atoms. The number of hydrogen-bond acceptors (Lipinski definition) is 3. The molecule has 0 aliphatic rings. The van der Waals surface area contributed by atoms with Crippen molar-refractivity contribution in [1.82, 2.24) is 0 Å². The lowest BCUT2D eigenvalue weighted by molar-refractivity contribution is 0.408. The van der Waals surface area contributed by atoms with E-state index >= 15 is 0 Å². The largest absolute Gasteiger partial charge is 0.636 e. The first-order valence-corrected chi connectivity index (χ1v) is 7.43. The second-order valence-electron chi connectivity index (χ2n) is 4.94. The van der Waals surface area contributed by atoms with Gasteiger partial charge in [-0.2, -0.15) is 0 Å². The Kier molecular flexibility index (Phi) is 4.84. The van der Waals surface area contributed by atoms with Crippen molar-refractivity contribution >= 4 is 12.6 Å². The molecule has 3 aromatic rings. The van der Waals surface area contributed by atoms with Crippen molar-refractivity contribution in [2.24, 2.45) is 0 Å². The number of hydrogen-bond donors (Lipinski definition) is 0. The predicted octanol–water partition coefficient (Wildman–Crippen LogP) is 3.55. The summed E-state index contributed by atoms with van der Waals surface area (Å²) in [4.78, 5) is 0. The molecule has 0 aliphatic heterocycles. The van der Waals surface area contributed by atoms with Gasteiger partial charge in [0.2, 0.25) is 0 Å². The zero-order chi connectivity index (χ0) is 15.9. The van der Waals surface area contributed by atoms with E-state index in [1.807, 2.05) is 84.9 Å². The van der Waals surface area contributed by atoms with Crippen molar-refractivity contribution < 1.29 is 14.0 Å². The van der Waals surface area contributed by atoms with Crippen LogP contribution in [0.25, 0.3) is 0 Å². The summed E-state index contributed by atoms with van der Waals surface area (Å²) in [5.41, 5.74) is 0.836. The zero-order valence-electron chi connectivity index (χ0n) is 12.9. The van der Waals surface area contributed by atoms with Crippen LogP contribution in [0.5, 0.6) is 17.2 Å². The van der Waals surface area contributed by atoms with Crippen LogP contribution < -0.4 is 19.5 Å². The first-order valence-electron chi connectivity index (χ1n) is 7.43. The van der Waals surface area contributed by atoms with Crippen LogP contribution in [0.15, 0.2) is 84.9 Å². The predicted molar refractivity (Wildman–Crippen MR) is 92.5 cm³/mol. The summed E-state index contributed by atoms with van der Waals surface area (Å²) < 4.78 is 17.5. The molecular weight excluding hydrogens is 287 g/mol. The number of rotatable bonds is 6. The standard InChI is InChI=1S/C19H17BO3/c1-21-19-15-9-8-14-18(19)20(22-16-10-4-2-5-11-16)23-17-12-6-3-7-13-17/h2-15H,1H3. The molecule has 0 unspecified atom stereocenters. The second-order valence-corrected chi connectivity index (χ2v) is 4.94. The Balaban J connectivity index is 1.92. The highest BCUT2D eigenvalue weighted by Crippen LogP contribution is 2.17. The average molecular weight is 304 g/mol. The van der Waals surface area contributed by atoms with Gasteiger partial charge in [0.05, 0.1) is 12.6 Å².